The van der Waals surface area contributed by atoms with Gasteiger partial charge >= 0.3 is 0 Å². The largest absolute Gasteiger partial charge is 0.291 e. The van der Waals surface area contributed by atoms with Crippen molar-refractivity contribution in [2.75, 3.05) is 5.32 Å². The summed E-state index contributed by atoms with van der Waals surface area (Å²) >= 11 is 11.6. The second-order valence-corrected chi connectivity index (χ2v) is 4.14. The molecule has 1 aromatic carbocycles. The molecule has 2 rings (SSSR count). The van der Waals surface area contributed by atoms with Gasteiger partial charge in [0, 0.05) is 6.08 Å². The number of hydrogen-bond donors (Lipinski definition) is 2. The topological polar surface area (TPSA) is 70.7 Å². The molecule has 0 saturated heterocycles. The fourth-order valence-corrected chi connectivity index (χ4v) is 1.52. The third-order valence-electron chi connectivity index (χ3n) is 2.03. The number of carbonyl (C=O) groups excluding carboxylic acids is 1. The number of carbonyl (C=O) groups is 1. The number of benzene rings is 1. The van der Waals surface area contributed by atoms with Crippen molar-refractivity contribution in [1.29, 1.82) is 0 Å². The second-order valence-electron chi connectivity index (χ2n) is 3.33. The minimum absolute atomic E-state index is 0.291. The van der Waals surface area contributed by atoms with E-state index < -0.39 is 0 Å². The van der Waals surface area contributed by atoms with Crippen molar-refractivity contribution in [3.63, 3.8) is 0 Å². The maximum absolute atomic E-state index is 11.5. The molecule has 1 aromatic heterocycles. The zero-order valence-corrected chi connectivity index (χ0v) is 10.5. The number of H-pyrrole nitrogens is 1. The molecule has 2 aromatic rings. The summed E-state index contributed by atoms with van der Waals surface area (Å²) in [5.41, 5.74) is 0.775. The van der Waals surface area contributed by atoms with Gasteiger partial charge in [-0.05, 0) is 23.8 Å². The van der Waals surface area contributed by atoms with Gasteiger partial charge in [0.15, 0.2) is 0 Å². The third-order valence-corrected chi connectivity index (χ3v) is 2.77. The summed E-state index contributed by atoms with van der Waals surface area (Å²) in [4.78, 5) is 15.3. The summed E-state index contributed by atoms with van der Waals surface area (Å²) in [5.74, 6) is -0.0309. The lowest BCUT2D eigenvalue weighted by Crippen LogP contribution is -2.08. The molecule has 0 aliphatic carbocycles. The van der Waals surface area contributed by atoms with Crippen molar-refractivity contribution >= 4 is 41.1 Å². The summed E-state index contributed by atoms with van der Waals surface area (Å²) < 4.78 is 0. The van der Waals surface area contributed by atoms with Gasteiger partial charge in [-0.1, -0.05) is 29.3 Å². The minimum Gasteiger partial charge on any atom is -0.291 e. The van der Waals surface area contributed by atoms with E-state index in [0.29, 0.717) is 16.0 Å². The van der Waals surface area contributed by atoms with Crippen molar-refractivity contribution in [2.45, 2.75) is 0 Å². The van der Waals surface area contributed by atoms with Crippen LogP contribution in [-0.2, 0) is 4.79 Å². The first-order valence-corrected chi connectivity index (χ1v) is 5.70. The van der Waals surface area contributed by atoms with Crippen LogP contribution in [0.5, 0.6) is 0 Å². The van der Waals surface area contributed by atoms with Gasteiger partial charge in [0.05, 0.1) is 10.0 Å². The van der Waals surface area contributed by atoms with E-state index in [2.05, 4.69) is 20.5 Å². The van der Waals surface area contributed by atoms with Crippen LogP contribution in [0.1, 0.15) is 5.56 Å². The average Bonchev–Trinajstić information content (AvgIpc) is 2.83. The summed E-state index contributed by atoms with van der Waals surface area (Å²) in [7, 11) is 0. The molecule has 0 saturated carbocycles. The van der Waals surface area contributed by atoms with Gasteiger partial charge in [-0.15, -0.1) is 0 Å². The van der Waals surface area contributed by atoms with E-state index in [1.165, 1.54) is 12.4 Å². The van der Waals surface area contributed by atoms with Crippen LogP contribution < -0.4 is 5.32 Å². The molecule has 7 heteroatoms. The van der Waals surface area contributed by atoms with Crippen LogP contribution in [0.2, 0.25) is 10.0 Å². The smallest absolute Gasteiger partial charge is 0.250 e. The molecule has 0 unspecified atom stereocenters. The van der Waals surface area contributed by atoms with Crippen molar-refractivity contribution in [2.24, 2.45) is 0 Å². The molecular formula is C11H8Cl2N4O. The van der Waals surface area contributed by atoms with Crippen LogP contribution in [0.25, 0.3) is 6.08 Å². The van der Waals surface area contributed by atoms with Gasteiger partial charge in [0.1, 0.15) is 6.33 Å². The molecule has 1 heterocycles. The predicted octanol–water partition coefficient (Wildman–Crippen LogP) is 2.76. The Balaban J connectivity index is 2.01. The fraction of sp³-hybridized carbons (Fsp3) is 0. The van der Waals surface area contributed by atoms with Gasteiger partial charge in [-0.25, -0.2) is 5.10 Å². The van der Waals surface area contributed by atoms with Crippen LogP contribution in [0.4, 0.5) is 5.95 Å². The number of anilines is 1. The van der Waals surface area contributed by atoms with Gasteiger partial charge in [-0.2, -0.15) is 10.1 Å². The Morgan fingerprint density at radius 2 is 2.17 bits per heavy atom. The Labute approximate surface area is 113 Å². The fourth-order valence-electron chi connectivity index (χ4n) is 1.21. The SMILES string of the molecule is O=C(C=Cc1ccc(Cl)c(Cl)c1)Nc1ncn[nH]1. The molecule has 0 atom stereocenters. The van der Waals surface area contributed by atoms with Crippen LogP contribution in [0.15, 0.2) is 30.6 Å². The molecule has 0 aliphatic heterocycles. The van der Waals surface area contributed by atoms with E-state index in [0.717, 1.165) is 5.56 Å². The molecule has 92 valence electrons. The maximum Gasteiger partial charge on any atom is 0.250 e. The van der Waals surface area contributed by atoms with E-state index >= 15 is 0 Å². The molecule has 0 aliphatic rings. The Kier molecular flexibility index (Phi) is 3.96. The second kappa shape index (κ2) is 5.66. The highest BCUT2D eigenvalue weighted by Gasteiger charge is 2.00. The third kappa shape index (κ3) is 3.32. The number of halogens is 2. The Hall–Kier alpha value is -1.85. The molecule has 0 spiro atoms. The molecular weight excluding hydrogens is 275 g/mol. The quantitative estimate of drug-likeness (QED) is 0.851. The van der Waals surface area contributed by atoms with Gasteiger partial charge in [0.25, 0.3) is 5.91 Å². The number of aromatic amines is 1. The average molecular weight is 283 g/mol. The molecule has 0 fully saturated rings. The Morgan fingerprint density at radius 3 is 2.83 bits per heavy atom. The molecule has 0 bridgehead atoms. The lowest BCUT2D eigenvalue weighted by molar-refractivity contribution is -0.111. The standard InChI is InChI=1S/C11H8Cl2N4O/c12-8-3-1-7(5-9(8)13)2-4-10(18)16-11-14-6-15-17-11/h1-6H,(H2,14,15,16,17,18). The highest BCUT2D eigenvalue weighted by atomic mass is 35.5. The lowest BCUT2D eigenvalue weighted by atomic mass is 10.2. The zero-order valence-electron chi connectivity index (χ0n) is 9.02. The van der Waals surface area contributed by atoms with Crippen molar-refractivity contribution in [3.05, 3.63) is 46.2 Å². The van der Waals surface area contributed by atoms with Crippen LogP contribution in [0, 0.1) is 0 Å². The van der Waals surface area contributed by atoms with E-state index in [1.807, 2.05) is 0 Å². The first-order valence-electron chi connectivity index (χ1n) is 4.94. The van der Waals surface area contributed by atoms with Crippen LogP contribution >= 0.6 is 23.2 Å². The first kappa shape index (κ1) is 12.6. The number of amides is 1. The number of rotatable bonds is 3. The molecule has 1 amide bonds. The van der Waals surface area contributed by atoms with Crippen molar-refractivity contribution < 1.29 is 4.79 Å². The molecule has 0 radical (unpaired) electrons. The number of hydrogen-bond acceptors (Lipinski definition) is 3. The van der Waals surface area contributed by atoms with Crippen LogP contribution in [-0.4, -0.2) is 21.1 Å². The highest BCUT2D eigenvalue weighted by Crippen LogP contribution is 2.23. The summed E-state index contributed by atoms with van der Waals surface area (Å²) in [5, 5.41) is 9.54. The molecule has 18 heavy (non-hydrogen) atoms. The number of nitrogens with zero attached hydrogens (tertiary/aromatic N) is 2. The van der Waals surface area contributed by atoms with E-state index in [9.17, 15) is 4.79 Å². The summed E-state index contributed by atoms with van der Waals surface area (Å²) in [6.07, 6.45) is 4.29. The highest BCUT2D eigenvalue weighted by molar-refractivity contribution is 6.42. The van der Waals surface area contributed by atoms with E-state index in [4.69, 9.17) is 23.2 Å². The first-order chi connectivity index (χ1) is 8.65. The van der Waals surface area contributed by atoms with Gasteiger partial charge in [-0.3, -0.25) is 10.1 Å². The Bertz CT molecular complexity index is 581. The normalized spacial score (nSPS) is 10.8. The van der Waals surface area contributed by atoms with Gasteiger partial charge < -0.3 is 0 Å². The van der Waals surface area contributed by atoms with E-state index in [1.54, 1.807) is 24.3 Å². The zero-order chi connectivity index (χ0) is 13.0. The van der Waals surface area contributed by atoms with E-state index in [-0.39, 0.29) is 5.91 Å². The van der Waals surface area contributed by atoms with Crippen molar-refractivity contribution in [1.82, 2.24) is 15.2 Å². The minimum atomic E-state index is -0.321. The number of nitrogens with one attached hydrogen (secondary N) is 2. The molecule has 5 nitrogen and oxygen atoms in total. The number of aromatic nitrogens is 3. The van der Waals surface area contributed by atoms with Crippen molar-refractivity contribution in [3.8, 4) is 0 Å². The molecule has 2 N–H and O–H groups in total. The maximum atomic E-state index is 11.5. The Morgan fingerprint density at radius 1 is 1.33 bits per heavy atom. The lowest BCUT2D eigenvalue weighted by Gasteiger charge is -1.98. The summed E-state index contributed by atoms with van der Waals surface area (Å²) in [6.45, 7) is 0. The summed E-state index contributed by atoms with van der Waals surface area (Å²) in [6, 6.07) is 5.09. The van der Waals surface area contributed by atoms with Crippen LogP contribution in [0.3, 0.4) is 0 Å². The predicted molar refractivity (Wildman–Crippen MR) is 70.5 cm³/mol. The van der Waals surface area contributed by atoms with Gasteiger partial charge in [0.2, 0.25) is 5.95 Å². The monoisotopic (exact) mass is 282 g/mol.